The number of hydrogen-bond acceptors (Lipinski definition) is 4. The van der Waals surface area contributed by atoms with Crippen LogP contribution in [0.5, 0.6) is 0 Å². The van der Waals surface area contributed by atoms with Crippen molar-refractivity contribution in [2.24, 2.45) is 0 Å². The van der Waals surface area contributed by atoms with E-state index < -0.39 is 0 Å². The maximum Gasteiger partial charge on any atom is 0.258 e. The summed E-state index contributed by atoms with van der Waals surface area (Å²) in [6.07, 6.45) is 0. The van der Waals surface area contributed by atoms with Crippen LogP contribution in [0.25, 0.3) is 22.8 Å². The average Bonchev–Trinajstić information content (AvgIpc) is 3.22. The molecule has 4 aromatic rings. The number of amides is 1. The normalized spacial score (nSPS) is 10.8. The number of rotatable bonds is 5. The molecule has 150 valence electrons. The molecule has 0 saturated carbocycles. The fraction of sp³-hybridized carbons (Fsp3) is 0.160. The minimum atomic E-state index is -0.120. The summed E-state index contributed by atoms with van der Waals surface area (Å²) in [6, 6.07) is 21.2. The Morgan fingerprint density at radius 2 is 1.60 bits per heavy atom. The fourth-order valence-corrected chi connectivity index (χ4v) is 3.61. The molecule has 0 aliphatic carbocycles. The molecule has 0 radical (unpaired) electrons. The molecule has 0 unspecified atom stereocenters. The molecule has 1 N–H and O–H groups in total. The molecular weight excluding hydrogens is 374 g/mol. The van der Waals surface area contributed by atoms with Gasteiger partial charge in [-0.2, -0.15) is 4.98 Å². The summed E-state index contributed by atoms with van der Waals surface area (Å²) in [5, 5.41) is 7.06. The third-order valence-electron chi connectivity index (χ3n) is 5.02. The first-order valence-electron chi connectivity index (χ1n) is 9.86. The Labute approximate surface area is 175 Å². The second-order valence-electron chi connectivity index (χ2n) is 7.44. The van der Waals surface area contributed by atoms with Crippen LogP contribution in [0.1, 0.15) is 32.6 Å². The van der Waals surface area contributed by atoms with Crippen LogP contribution in [-0.4, -0.2) is 16.0 Å². The van der Waals surface area contributed by atoms with Crippen molar-refractivity contribution in [2.75, 3.05) is 0 Å². The van der Waals surface area contributed by atoms with Crippen molar-refractivity contribution >= 4 is 5.91 Å². The van der Waals surface area contributed by atoms with E-state index >= 15 is 0 Å². The van der Waals surface area contributed by atoms with Crippen molar-refractivity contribution in [3.8, 4) is 22.8 Å². The first kappa shape index (κ1) is 19.6. The third-order valence-corrected chi connectivity index (χ3v) is 5.02. The van der Waals surface area contributed by atoms with Crippen molar-refractivity contribution in [2.45, 2.75) is 27.3 Å². The number of carbonyl (C=O) groups is 1. The highest BCUT2D eigenvalue weighted by atomic mass is 16.5. The van der Waals surface area contributed by atoms with E-state index in [1.54, 1.807) is 12.1 Å². The van der Waals surface area contributed by atoms with Crippen molar-refractivity contribution in [3.05, 3.63) is 94.5 Å². The summed E-state index contributed by atoms with van der Waals surface area (Å²) in [5.74, 6) is 0.885. The maximum atomic E-state index is 12.4. The van der Waals surface area contributed by atoms with Gasteiger partial charge in [-0.05, 0) is 49.6 Å². The van der Waals surface area contributed by atoms with Crippen molar-refractivity contribution < 1.29 is 9.32 Å². The molecule has 1 amide bonds. The van der Waals surface area contributed by atoms with Gasteiger partial charge in [0.15, 0.2) is 0 Å². The lowest BCUT2D eigenvalue weighted by molar-refractivity contribution is 0.0951. The van der Waals surface area contributed by atoms with Crippen LogP contribution in [0, 0.1) is 20.8 Å². The number of hydrogen-bond donors (Lipinski definition) is 1. The van der Waals surface area contributed by atoms with E-state index in [0.29, 0.717) is 23.8 Å². The summed E-state index contributed by atoms with van der Waals surface area (Å²) >= 11 is 0. The first-order chi connectivity index (χ1) is 14.5. The zero-order valence-electron chi connectivity index (χ0n) is 17.3. The smallest absolute Gasteiger partial charge is 0.258 e. The molecule has 30 heavy (non-hydrogen) atoms. The van der Waals surface area contributed by atoms with E-state index in [9.17, 15) is 4.79 Å². The molecule has 0 aliphatic heterocycles. The molecule has 1 heterocycles. The number of nitrogens with one attached hydrogen (secondary N) is 1. The van der Waals surface area contributed by atoms with Crippen LogP contribution in [0.3, 0.4) is 0 Å². The monoisotopic (exact) mass is 397 g/mol. The summed E-state index contributed by atoms with van der Waals surface area (Å²) in [4.78, 5) is 17.0. The molecule has 0 atom stereocenters. The quantitative estimate of drug-likeness (QED) is 0.499. The van der Waals surface area contributed by atoms with Crippen LogP contribution in [0.2, 0.25) is 0 Å². The fourth-order valence-electron chi connectivity index (χ4n) is 3.61. The van der Waals surface area contributed by atoms with Crippen LogP contribution >= 0.6 is 0 Å². The zero-order valence-corrected chi connectivity index (χ0v) is 17.3. The highest BCUT2D eigenvalue weighted by Gasteiger charge is 2.16. The molecule has 0 spiro atoms. The molecule has 4 rings (SSSR count). The topological polar surface area (TPSA) is 68.0 Å². The van der Waals surface area contributed by atoms with Gasteiger partial charge >= 0.3 is 0 Å². The van der Waals surface area contributed by atoms with Gasteiger partial charge in [0.2, 0.25) is 5.82 Å². The van der Waals surface area contributed by atoms with Gasteiger partial charge < -0.3 is 9.84 Å². The van der Waals surface area contributed by atoms with Gasteiger partial charge in [-0.25, -0.2) is 0 Å². The highest BCUT2D eigenvalue weighted by molar-refractivity contribution is 5.94. The van der Waals surface area contributed by atoms with Gasteiger partial charge in [-0.3, -0.25) is 4.79 Å². The van der Waals surface area contributed by atoms with Gasteiger partial charge in [0.1, 0.15) is 0 Å². The molecule has 5 heteroatoms. The zero-order chi connectivity index (χ0) is 21.1. The summed E-state index contributed by atoms with van der Waals surface area (Å²) in [6.45, 7) is 6.65. The van der Waals surface area contributed by atoms with E-state index in [0.717, 1.165) is 27.8 Å². The summed E-state index contributed by atoms with van der Waals surface area (Å²) in [7, 11) is 0. The van der Waals surface area contributed by atoms with E-state index in [-0.39, 0.29) is 5.91 Å². The lowest BCUT2D eigenvalue weighted by Crippen LogP contribution is -2.22. The van der Waals surface area contributed by atoms with Gasteiger partial charge in [-0.1, -0.05) is 65.3 Å². The molecule has 0 saturated heterocycles. The average molecular weight is 397 g/mol. The maximum absolute atomic E-state index is 12.4. The predicted octanol–water partition coefficient (Wildman–Crippen LogP) is 5.26. The van der Waals surface area contributed by atoms with E-state index in [1.165, 1.54) is 5.56 Å². The van der Waals surface area contributed by atoms with Gasteiger partial charge in [-0.15, -0.1) is 0 Å². The Morgan fingerprint density at radius 1 is 0.933 bits per heavy atom. The molecule has 3 aromatic carbocycles. The number of carbonyl (C=O) groups excluding carboxylic acids is 1. The molecule has 0 bridgehead atoms. The van der Waals surface area contributed by atoms with Crippen molar-refractivity contribution in [1.82, 2.24) is 15.5 Å². The lowest BCUT2D eigenvalue weighted by atomic mass is 10.00. The standard InChI is InChI=1S/C25H23N3O2/c1-16-13-17(2)22(18(3)14-16)25-27-23(28-30-25)20-9-11-21(12-10-20)24(29)26-15-19-7-5-4-6-8-19/h4-14H,15H2,1-3H3,(H,26,29). The Bertz CT molecular complexity index is 1160. The number of benzene rings is 3. The van der Waals surface area contributed by atoms with E-state index in [1.807, 2.05) is 56.3 Å². The second kappa shape index (κ2) is 8.33. The minimum Gasteiger partial charge on any atom is -0.348 e. The Hall–Kier alpha value is -3.73. The number of aromatic nitrogens is 2. The van der Waals surface area contributed by atoms with E-state index in [2.05, 4.69) is 34.5 Å². The highest BCUT2D eigenvalue weighted by Crippen LogP contribution is 2.29. The number of aryl methyl sites for hydroxylation is 3. The van der Waals surface area contributed by atoms with Crippen molar-refractivity contribution in [3.63, 3.8) is 0 Å². The second-order valence-corrected chi connectivity index (χ2v) is 7.44. The van der Waals surface area contributed by atoms with Crippen molar-refractivity contribution in [1.29, 1.82) is 0 Å². The van der Waals surface area contributed by atoms with Gasteiger partial charge in [0.05, 0.1) is 0 Å². The van der Waals surface area contributed by atoms with Crippen LogP contribution in [0.4, 0.5) is 0 Å². The predicted molar refractivity (Wildman–Crippen MR) is 117 cm³/mol. The minimum absolute atomic E-state index is 0.120. The lowest BCUT2D eigenvalue weighted by Gasteiger charge is -2.06. The molecular formula is C25H23N3O2. The summed E-state index contributed by atoms with van der Waals surface area (Å²) < 4.78 is 5.53. The van der Waals surface area contributed by atoms with E-state index in [4.69, 9.17) is 4.52 Å². The van der Waals surface area contributed by atoms with Crippen LogP contribution in [-0.2, 0) is 6.54 Å². The van der Waals surface area contributed by atoms with Gasteiger partial charge in [0, 0.05) is 23.2 Å². The molecule has 0 aliphatic rings. The Balaban J connectivity index is 1.49. The first-order valence-corrected chi connectivity index (χ1v) is 9.86. The Morgan fingerprint density at radius 3 is 2.27 bits per heavy atom. The number of nitrogens with zero attached hydrogens (tertiary/aromatic N) is 2. The van der Waals surface area contributed by atoms with Gasteiger partial charge in [0.25, 0.3) is 11.8 Å². The van der Waals surface area contributed by atoms with Crippen LogP contribution in [0.15, 0.2) is 71.3 Å². The molecule has 5 nitrogen and oxygen atoms in total. The largest absolute Gasteiger partial charge is 0.348 e. The van der Waals surface area contributed by atoms with Crippen LogP contribution < -0.4 is 5.32 Å². The summed E-state index contributed by atoms with van der Waals surface area (Å²) in [5.41, 5.74) is 6.83. The molecule has 0 fully saturated rings. The molecule has 1 aromatic heterocycles. The SMILES string of the molecule is Cc1cc(C)c(-c2nc(-c3ccc(C(=O)NCc4ccccc4)cc3)no2)c(C)c1. The third kappa shape index (κ3) is 4.15. The Kier molecular flexibility index (Phi) is 5.44.